The Morgan fingerprint density at radius 3 is 2.16 bits per heavy atom. The number of nitrogens with zero attached hydrogens (tertiary/aromatic N) is 2. The molecule has 0 aromatic heterocycles. The van der Waals surface area contributed by atoms with E-state index >= 15 is 0 Å². The van der Waals surface area contributed by atoms with Crippen molar-refractivity contribution in [2.24, 2.45) is 0 Å². The SMILES string of the molecule is COc1ccc(C(=O)N2CCC3(CC2)OCCN3S(=O)(=O)c2c(C)cc(C)cc2C)cc1. The lowest BCUT2D eigenvalue weighted by Gasteiger charge is -2.43. The number of benzene rings is 2. The van der Waals surface area contributed by atoms with Gasteiger partial charge in [0.15, 0.2) is 0 Å². The Balaban J connectivity index is 1.54. The van der Waals surface area contributed by atoms with Crippen molar-refractivity contribution < 1.29 is 22.7 Å². The molecule has 2 heterocycles. The summed E-state index contributed by atoms with van der Waals surface area (Å²) in [4.78, 5) is 15.1. The fourth-order valence-corrected chi connectivity index (χ4v) is 7.13. The van der Waals surface area contributed by atoms with Crippen LogP contribution in [0.15, 0.2) is 41.3 Å². The Morgan fingerprint density at radius 2 is 1.59 bits per heavy atom. The second-order valence-corrected chi connectivity index (χ2v) is 10.4. The van der Waals surface area contributed by atoms with Gasteiger partial charge in [-0.05, 0) is 56.2 Å². The minimum atomic E-state index is -3.73. The predicted octanol–water partition coefficient (Wildman–Crippen LogP) is 3.27. The van der Waals surface area contributed by atoms with Crippen LogP contribution in [0.5, 0.6) is 5.75 Å². The fraction of sp³-hybridized carbons (Fsp3) is 0.458. The van der Waals surface area contributed by atoms with E-state index in [1.54, 1.807) is 36.3 Å². The highest BCUT2D eigenvalue weighted by Crippen LogP contribution is 2.40. The summed E-state index contributed by atoms with van der Waals surface area (Å²) >= 11 is 0. The lowest BCUT2D eigenvalue weighted by Crippen LogP contribution is -2.55. The van der Waals surface area contributed by atoms with Crippen molar-refractivity contribution in [2.75, 3.05) is 33.4 Å². The molecule has 0 aliphatic carbocycles. The minimum Gasteiger partial charge on any atom is -0.497 e. The van der Waals surface area contributed by atoms with Crippen molar-refractivity contribution in [1.82, 2.24) is 9.21 Å². The summed E-state index contributed by atoms with van der Waals surface area (Å²) in [6.45, 7) is 7.19. The van der Waals surface area contributed by atoms with Gasteiger partial charge in [-0.3, -0.25) is 4.79 Å². The van der Waals surface area contributed by atoms with Crippen LogP contribution in [0.2, 0.25) is 0 Å². The third-order valence-corrected chi connectivity index (χ3v) is 8.70. The molecule has 32 heavy (non-hydrogen) atoms. The molecule has 2 aromatic carbocycles. The van der Waals surface area contributed by atoms with Gasteiger partial charge >= 0.3 is 0 Å². The van der Waals surface area contributed by atoms with Gasteiger partial charge in [-0.15, -0.1) is 0 Å². The first-order valence-corrected chi connectivity index (χ1v) is 12.3. The Kier molecular flexibility index (Phi) is 6.04. The zero-order chi connectivity index (χ0) is 23.1. The van der Waals surface area contributed by atoms with Crippen LogP contribution in [0, 0.1) is 20.8 Å². The highest BCUT2D eigenvalue weighted by Gasteiger charge is 2.51. The molecule has 172 valence electrons. The minimum absolute atomic E-state index is 0.0693. The number of ether oxygens (including phenoxy) is 2. The summed E-state index contributed by atoms with van der Waals surface area (Å²) < 4.78 is 40.2. The number of piperidine rings is 1. The number of likely N-dealkylation sites (tertiary alicyclic amines) is 1. The molecule has 8 heteroatoms. The molecule has 7 nitrogen and oxygen atoms in total. The lowest BCUT2D eigenvalue weighted by molar-refractivity contribution is -0.0857. The summed E-state index contributed by atoms with van der Waals surface area (Å²) in [6.07, 6.45) is 0.885. The maximum absolute atomic E-state index is 13.7. The molecule has 0 radical (unpaired) electrons. The second kappa shape index (κ2) is 8.50. The van der Waals surface area contributed by atoms with Crippen molar-refractivity contribution in [1.29, 1.82) is 0 Å². The van der Waals surface area contributed by atoms with Crippen molar-refractivity contribution in [2.45, 2.75) is 44.2 Å². The predicted molar refractivity (Wildman–Crippen MR) is 121 cm³/mol. The number of methoxy groups -OCH3 is 1. The molecule has 0 unspecified atom stereocenters. The van der Waals surface area contributed by atoms with Crippen LogP contribution in [0.4, 0.5) is 0 Å². The monoisotopic (exact) mass is 458 g/mol. The van der Waals surface area contributed by atoms with Gasteiger partial charge in [0, 0.05) is 38.0 Å². The fourth-order valence-electron chi connectivity index (χ4n) is 4.99. The number of rotatable bonds is 4. The van der Waals surface area contributed by atoms with E-state index in [0.717, 1.165) is 16.7 Å². The molecule has 2 aliphatic rings. The molecule has 0 bridgehead atoms. The molecular weight excluding hydrogens is 428 g/mol. The quantitative estimate of drug-likeness (QED) is 0.703. The number of sulfonamides is 1. The number of aryl methyl sites for hydroxylation is 3. The van der Waals surface area contributed by atoms with Gasteiger partial charge in [0.25, 0.3) is 5.91 Å². The lowest BCUT2D eigenvalue weighted by atomic mass is 10.00. The highest BCUT2D eigenvalue weighted by atomic mass is 32.2. The van der Waals surface area contributed by atoms with Crippen molar-refractivity contribution >= 4 is 15.9 Å². The average molecular weight is 459 g/mol. The van der Waals surface area contributed by atoms with E-state index in [1.807, 2.05) is 32.9 Å². The number of hydrogen-bond donors (Lipinski definition) is 0. The van der Waals surface area contributed by atoms with Gasteiger partial charge in [0.05, 0.1) is 18.6 Å². The van der Waals surface area contributed by atoms with Crippen LogP contribution in [0.25, 0.3) is 0 Å². The number of hydrogen-bond acceptors (Lipinski definition) is 5. The van der Waals surface area contributed by atoms with Crippen molar-refractivity contribution in [3.05, 3.63) is 58.7 Å². The van der Waals surface area contributed by atoms with Crippen LogP contribution in [0.3, 0.4) is 0 Å². The van der Waals surface area contributed by atoms with Gasteiger partial charge in [-0.25, -0.2) is 8.42 Å². The Bertz CT molecular complexity index is 1100. The first-order chi connectivity index (χ1) is 15.2. The van der Waals surface area contributed by atoms with Gasteiger partial charge in [-0.2, -0.15) is 4.31 Å². The molecule has 2 aliphatic heterocycles. The van der Waals surface area contributed by atoms with E-state index in [0.29, 0.717) is 55.3 Å². The molecule has 0 saturated carbocycles. The van der Waals surface area contributed by atoms with Gasteiger partial charge in [0.2, 0.25) is 10.0 Å². The zero-order valence-electron chi connectivity index (χ0n) is 19.1. The summed E-state index contributed by atoms with van der Waals surface area (Å²) in [6, 6.07) is 10.8. The molecule has 2 aromatic rings. The average Bonchev–Trinajstić information content (AvgIpc) is 3.17. The largest absolute Gasteiger partial charge is 0.497 e. The van der Waals surface area contributed by atoms with E-state index in [1.165, 1.54) is 4.31 Å². The van der Waals surface area contributed by atoms with E-state index in [4.69, 9.17) is 9.47 Å². The maximum Gasteiger partial charge on any atom is 0.253 e. The van der Waals surface area contributed by atoms with Gasteiger partial charge < -0.3 is 14.4 Å². The van der Waals surface area contributed by atoms with Gasteiger partial charge in [-0.1, -0.05) is 17.7 Å². The first kappa shape index (κ1) is 22.8. The van der Waals surface area contributed by atoms with Crippen LogP contribution < -0.4 is 4.74 Å². The molecule has 4 rings (SSSR count). The summed E-state index contributed by atoms with van der Waals surface area (Å²) in [7, 11) is -2.15. The Morgan fingerprint density at radius 1 is 1.00 bits per heavy atom. The summed E-state index contributed by atoms with van der Waals surface area (Å²) in [5, 5.41) is 0. The zero-order valence-corrected chi connectivity index (χ0v) is 19.9. The number of amides is 1. The maximum atomic E-state index is 13.7. The van der Waals surface area contributed by atoms with E-state index in [9.17, 15) is 13.2 Å². The molecule has 0 N–H and O–H groups in total. The normalized spacial score (nSPS) is 18.8. The molecule has 2 fully saturated rings. The first-order valence-electron chi connectivity index (χ1n) is 10.9. The second-order valence-electron chi connectivity index (χ2n) is 8.62. The molecule has 1 spiro atoms. The van der Waals surface area contributed by atoms with E-state index in [2.05, 4.69) is 0 Å². The smallest absolute Gasteiger partial charge is 0.253 e. The highest BCUT2D eigenvalue weighted by molar-refractivity contribution is 7.89. The molecular formula is C24H30N2O5S. The molecule has 2 saturated heterocycles. The van der Waals surface area contributed by atoms with E-state index in [-0.39, 0.29) is 5.91 Å². The Hall–Kier alpha value is -2.42. The Labute approximate surface area is 190 Å². The summed E-state index contributed by atoms with van der Waals surface area (Å²) in [5.41, 5.74) is 2.22. The number of carbonyl (C=O) groups excluding carboxylic acids is 1. The third kappa shape index (κ3) is 3.91. The van der Waals surface area contributed by atoms with Crippen LogP contribution in [-0.4, -0.2) is 62.6 Å². The van der Waals surface area contributed by atoms with E-state index < -0.39 is 15.7 Å². The molecule has 0 atom stereocenters. The number of carbonyl (C=O) groups is 1. The standard InChI is InChI=1S/C24H30N2O5S/c1-17-15-18(2)22(19(3)16-17)32(28,29)26-13-14-31-24(26)9-11-25(12-10-24)23(27)20-5-7-21(30-4)8-6-20/h5-8,15-16H,9-14H2,1-4H3. The molecule has 1 amide bonds. The summed E-state index contributed by atoms with van der Waals surface area (Å²) in [5.74, 6) is 0.626. The van der Waals surface area contributed by atoms with Crippen LogP contribution in [0.1, 0.15) is 39.9 Å². The van der Waals surface area contributed by atoms with Crippen molar-refractivity contribution in [3.8, 4) is 5.75 Å². The van der Waals surface area contributed by atoms with Crippen LogP contribution >= 0.6 is 0 Å². The van der Waals surface area contributed by atoms with Crippen molar-refractivity contribution in [3.63, 3.8) is 0 Å². The van der Waals surface area contributed by atoms with Crippen LogP contribution in [-0.2, 0) is 14.8 Å². The van der Waals surface area contributed by atoms with Gasteiger partial charge in [0.1, 0.15) is 11.5 Å². The third-order valence-electron chi connectivity index (χ3n) is 6.44. The topological polar surface area (TPSA) is 76.2 Å².